The van der Waals surface area contributed by atoms with Gasteiger partial charge in [0.05, 0.1) is 32.9 Å². The number of ether oxygens (including phenoxy) is 5. The summed E-state index contributed by atoms with van der Waals surface area (Å²) in [5.74, 6) is 0.298. The Kier molecular flexibility index (Phi) is 6.35. The van der Waals surface area contributed by atoms with Crippen molar-refractivity contribution in [2.24, 2.45) is 0 Å². The zero-order valence-electron chi connectivity index (χ0n) is 20.5. The molecule has 190 valence electrons. The summed E-state index contributed by atoms with van der Waals surface area (Å²) in [6.07, 6.45) is 0. The van der Waals surface area contributed by atoms with E-state index >= 15 is 0 Å². The molecule has 0 radical (unpaired) electrons. The van der Waals surface area contributed by atoms with Crippen molar-refractivity contribution in [3.8, 4) is 28.7 Å². The number of hydrogen-bond donors (Lipinski definition) is 1. The van der Waals surface area contributed by atoms with Gasteiger partial charge in [-0.2, -0.15) is 0 Å². The van der Waals surface area contributed by atoms with E-state index < -0.39 is 17.7 Å². The molecule has 9 nitrogen and oxygen atoms in total. The molecule has 1 atom stereocenters. The number of ketones is 1. The summed E-state index contributed by atoms with van der Waals surface area (Å²) in [5, 5.41) is 11.4. The number of Topliss-reactive ketones (excluding diaryl/α,β-unsaturated/α-hetero) is 1. The summed E-state index contributed by atoms with van der Waals surface area (Å²) in [4.78, 5) is 28.3. The maximum Gasteiger partial charge on any atom is 0.300 e. The average Bonchev–Trinajstić information content (AvgIpc) is 3.21. The van der Waals surface area contributed by atoms with E-state index in [1.54, 1.807) is 60.7 Å². The third-order valence-corrected chi connectivity index (χ3v) is 6.34. The molecule has 0 saturated carbocycles. The summed E-state index contributed by atoms with van der Waals surface area (Å²) in [5.41, 5.74) is 1.14. The zero-order chi connectivity index (χ0) is 26.1. The minimum atomic E-state index is -0.980. The highest BCUT2D eigenvalue weighted by Crippen LogP contribution is 2.47. The van der Waals surface area contributed by atoms with Gasteiger partial charge < -0.3 is 28.8 Å². The van der Waals surface area contributed by atoms with Crippen LogP contribution in [0.25, 0.3) is 5.76 Å². The first-order valence-corrected chi connectivity index (χ1v) is 11.5. The predicted octanol–water partition coefficient (Wildman–Crippen LogP) is 4.11. The smallest absolute Gasteiger partial charge is 0.300 e. The van der Waals surface area contributed by atoms with Gasteiger partial charge in [0, 0.05) is 22.9 Å². The molecule has 0 aliphatic carbocycles. The number of methoxy groups -OCH3 is 3. The summed E-state index contributed by atoms with van der Waals surface area (Å²) >= 11 is 0. The molecule has 1 unspecified atom stereocenters. The van der Waals surface area contributed by atoms with Gasteiger partial charge >= 0.3 is 0 Å². The van der Waals surface area contributed by atoms with Crippen LogP contribution in [0, 0.1) is 0 Å². The van der Waals surface area contributed by atoms with Crippen LogP contribution in [0.4, 0.5) is 5.69 Å². The van der Waals surface area contributed by atoms with Crippen molar-refractivity contribution < 1.29 is 38.4 Å². The lowest BCUT2D eigenvalue weighted by molar-refractivity contribution is -0.132. The van der Waals surface area contributed by atoms with E-state index in [0.29, 0.717) is 53.2 Å². The topological polar surface area (TPSA) is 104 Å². The van der Waals surface area contributed by atoms with E-state index in [0.717, 1.165) is 0 Å². The van der Waals surface area contributed by atoms with Gasteiger partial charge in [-0.3, -0.25) is 14.5 Å². The molecule has 2 aliphatic heterocycles. The van der Waals surface area contributed by atoms with Crippen LogP contribution < -0.4 is 28.6 Å². The Morgan fingerprint density at radius 1 is 0.838 bits per heavy atom. The molecule has 1 fully saturated rings. The van der Waals surface area contributed by atoms with Crippen molar-refractivity contribution in [2.45, 2.75) is 6.04 Å². The largest absolute Gasteiger partial charge is 0.507 e. The van der Waals surface area contributed by atoms with Gasteiger partial charge in [0.15, 0.2) is 23.0 Å². The maximum atomic E-state index is 13.5. The molecule has 1 amide bonds. The minimum absolute atomic E-state index is 0.0865. The SMILES string of the molecule is COc1ccc(/C(O)=C2\C(=O)C(=O)N(c3ccc4c(c3)OCCO4)C2c2ccccc2OC)cc1OC. The summed E-state index contributed by atoms with van der Waals surface area (Å²) in [7, 11) is 4.47. The van der Waals surface area contributed by atoms with Gasteiger partial charge in [-0.05, 0) is 36.4 Å². The molecule has 1 saturated heterocycles. The Hall–Kier alpha value is -4.66. The van der Waals surface area contributed by atoms with Gasteiger partial charge in [0.25, 0.3) is 11.7 Å². The van der Waals surface area contributed by atoms with Crippen LogP contribution in [0.5, 0.6) is 28.7 Å². The van der Waals surface area contributed by atoms with Gasteiger partial charge in [-0.15, -0.1) is 0 Å². The number of carbonyl (C=O) groups excluding carboxylic acids is 2. The second-order valence-electron chi connectivity index (χ2n) is 8.31. The molecule has 9 heteroatoms. The van der Waals surface area contributed by atoms with Gasteiger partial charge in [-0.1, -0.05) is 18.2 Å². The number of anilines is 1. The lowest BCUT2D eigenvalue weighted by Gasteiger charge is -2.28. The van der Waals surface area contributed by atoms with Crippen LogP contribution in [-0.2, 0) is 9.59 Å². The van der Waals surface area contributed by atoms with Crippen LogP contribution >= 0.6 is 0 Å². The number of amides is 1. The van der Waals surface area contributed by atoms with E-state index in [2.05, 4.69) is 0 Å². The fourth-order valence-corrected chi connectivity index (χ4v) is 4.61. The van der Waals surface area contributed by atoms with Gasteiger partial charge in [-0.25, -0.2) is 0 Å². The average molecular weight is 504 g/mol. The zero-order valence-corrected chi connectivity index (χ0v) is 20.5. The highest BCUT2D eigenvalue weighted by molar-refractivity contribution is 6.51. The van der Waals surface area contributed by atoms with E-state index in [4.69, 9.17) is 23.7 Å². The number of nitrogens with zero attached hydrogens (tertiary/aromatic N) is 1. The number of carbonyl (C=O) groups is 2. The van der Waals surface area contributed by atoms with Gasteiger partial charge in [0.2, 0.25) is 0 Å². The molecule has 1 N–H and O–H groups in total. The molecule has 37 heavy (non-hydrogen) atoms. The van der Waals surface area contributed by atoms with Crippen molar-refractivity contribution in [1.29, 1.82) is 0 Å². The number of aliphatic hydroxyl groups is 1. The standard InChI is InChI=1S/C28H25NO8/c1-33-19-7-5-4-6-18(19)25-24(26(30)16-8-10-20(34-2)22(14-16)35-3)27(31)28(32)29(25)17-9-11-21-23(15-17)37-13-12-36-21/h4-11,14-15,25,30H,12-13H2,1-3H3/b26-24+. The second kappa shape index (κ2) is 9.77. The lowest BCUT2D eigenvalue weighted by atomic mass is 9.94. The van der Waals surface area contributed by atoms with E-state index in [1.807, 2.05) is 0 Å². The van der Waals surface area contributed by atoms with Crippen LogP contribution in [-0.4, -0.2) is 51.3 Å². The van der Waals surface area contributed by atoms with E-state index in [1.165, 1.54) is 26.2 Å². The van der Waals surface area contributed by atoms with Crippen LogP contribution in [0.15, 0.2) is 66.2 Å². The molecule has 2 aliphatic rings. The van der Waals surface area contributed by atoms with Crippen molar-refractivity contribution in [1.82, 2.24) is 0 Å². The molecule has 3 aromatic rings. The molecule has 0 spiro atoms. The van der Waals surface area contributed by atoms with Crippen molar-refractivity contribution >= 4 is 23.1 Å². The van der Waals surface area contributed by atoms with Crippen LogP contribution in [0.3, 0.4) is 0 Å². The number of para-hydroxylation sites is 1. The molecule has 0 bridgehead atoms. The monoisotopic (exact) mass is 503 g/mol. The fraction of sp³-hybridized carbons (Fsp3) is 0.214. The molecule has 2 heterocycles. The number of benzene rings is 3. The highest BCUT2D eigenvalue weighted by atomic mass is 16.6. The first kappa shape index (κ1) is 24.1. The fourth-order valence-electron chi connectivity index (χ4n) is 4.61. The third kappa shape index (κ3) is 4.08. The Morgan fingerprint density at radius 2 is 1.54 bits per heavy atom. The Bertz CT molecular complexity index is 1410. The molecular weight excluding hydrogens is 478 g/mol. The Balaban J connectivity index is 1.72. The van der Waals surface area contributed by atoms with E-state index in [9.17, 15) is 14.7 Å². The summed E-state index contributed by atoms with van der Waals surface area (Å²) in [6.45, 7) is 0.786. The first-order chi connectivity index (χ1) is 18.0. The number of hydrogen-bond acceptors (Lipinski definition) is 8. The normalized spacial score (nSPS) is 18.0. The quantitative estimate of drug-likeness (QED) is 0.305. The van der Waals surface area contributed by atoms with Gasteiger partial charge in [0.1, 0.15) is 24.7 Å². The predicted molar refractivity (Wildman–Crippen MR) is 135 cm³/mol. The number of rotatable bonds is 6. The van der Waals surface area contributed by atoms with Crippen LogP contribution in [0.2, 0.25) is 0 Å². The third-order valence-electron chi connectivity index (χ3n) is 6.34. The van der Waals surface area contributed by atoms with Crippen LogP contribution in [0.1, 0.15) is 17.2 Å². The molecule has 5 rings (SSSR count). The Morgan fingerprint density at radius 3 is 2.27 bits per heavy atom. The molecular formula is C28H25NO8. The molecule has 3 aromatic carbocycles. The second-order valence-corrected chi connectivity index (χ2v) is 8.31. The molecule has 0 aromatic heterocycles. The first-order valence-electron chi connectivity index (χ1n) is 11.5. The number of aliphatic hydroxyl groups excluding tert-OH is 1. The van der Waals surface area contributed by atoms with Crippen molar-refractivity contribution in [2.75, 3.05) is 39.4 Å². The summed E-state index contributed by atoms with van der Waals surface area (Å²) in [6, 6.07) is 15.8. The van der Waals surface area contributed by atoms with Crippen molar-refractivity contribution in [3.05, 3.63) is 77.4 Å². The maximum absolute atomic E-state index is 13.5. The lowest BCUT2D eigenvalue weighted by Crippen LogP contribution is -2.30. The van der Waals surface area contributed by atoms with Crippen molar-refractivity contribution in [3.63, 3.8) is 0 Å². The minimum Gasteiger partial charge on any atom is -0.507 e. The number of fused-ring (bicyclic) bond motifs is 1. The Labute approximate surface area is 213 Å². The van der Waals surface area contributed by atoms with E-state index in [-0.39, 0.29) is 16.9 Å². The summed E-state index contributed by atoms with van der Waals surface area (Å²) < 4.78 is 27.5. The highest BCUT2D eigenvalue weighted by Gasteiger charge is 2.48.